The summed E-state index contributed by atoms with van der Waals surface area (Å²) in [6, 6.07) is 0. The Hall–Kier alpha value is -1.10. The monoisotopic (exact) mass is 166 g/mol. The molecule has 0 bridgehead atoms. The molecule has 0 radical (unpaired) electrons. The molecule has 0 aromatic carbocycles. The van der Waals surface area contributed by atoms with Crippen LogP contribution in [0.1, 0.15) is 6.92 Å². The number of hydrogen-bond donors (Lipinski definition) is 1. The number of hydrogen-bond acceptors (Lipinski definition) is 4. The summed E-state index contributed by atoms with van der Waals surface area (Å²) < 4.78 is 0. The van der Waals surface area contributed by atoms with Gasteiger partial charge in [-0.25, -0.2) is 4.99 Å². The highest BCUT2D eigenvalue weighted by Crippen LogP contribution is 2.19. The second-order valence-electron chi connectivity index (χ2n) is 2.36. The summed E-state index contributed by atoms with van der Waals surface area (Å²) in [5, 5.41) is 10.6. The molecule has 2 aliphatic heterocycles. The first kappa shape index (κ1) is 6.60. The molecular weight excluding hydrogens is 160 g/mol. The van der Waals surface area contributed by atoms with Gasteiger partial charge in [0, 0.05) is 0 Å². The Morgan fingerprint density at radius 1 is 1.64 bits per heavy atom. The molecule has 0 aromatic heterocycles. The molecule has 1 unspecified atom stereocenters. The van der Waals surface area contributed by atoms with Crippen molar-refractivity contribution in [3.8, 4) is 0 Å². The van der Waals surface area contributed by atoms with Crippen molar-refractivity contribution in [2.24, 2.45) is 15.2 Å². The zero-order valence-corrected chi connectivity index (χ0v) is 6.72. The quantitative estimate of drug-likeness (QED) is 0.546. The van der Waals surface area contributed by atoms with Crippen LogP contribution in [0.3, 0.4) is 0 Å². The Kier molecular flexibility index (Phi) is 1.32. The smallest absolute Gasteiger partial charge is 0.192 e. The van der Waals surface area contributed by atoms with Gasteiger partial charge in [0.25, 0.3) is 0 Å². The standard InChI is InChI=1S/C6H6N4S/c1-3-8-5-4(2-7-10-5)6(11)9-3/h2,5H,1H3,(H,8,9,11). The minimum absolute atomic E-state index is 0.177. The highest BCUT2D eigenvalue weighted by Gasteiger charge is 2.24. The molecule has 2 heterocycles. The van der Waals surface area contributed by atoms with Crippen LogP contribution >= 0.6 is 12.2 Å². The van der Waals surface area contributed by atoms with Gasteiger partial charge in [0.05, 0.1) is 11.8 Å². The van der Waals surface area contributed by atoms with Gasteiger partial charge in [-0.2, -0.15) is 10.2 Å². The van der Waals surface area contributed by atoms with Crippen LogP contribution in [0.4, 0.5) is 0 Å². The summed E-state index contributed by atoms with van der Waals surface area (Å²) in [5.41, 5.74) is 0.894. The van der Waals surface area contributed by atoms with E-state index in [1.54, 1.807) is 6.20 Å². The Labute approximate surface area is 69.1 Å². The number of aliphatic imine (C=N–C) groups is 1. The average Bonchev–Trinajstić information content (AvgIpc) is 2.34. The highest BCUT2D eigenvalue weighted by molar-refractivity contribution is 7.80. The fourth-order valence-electron chi connectivity index (χ4n) is 1.01. The lowest BCUT2D eigenvalue weighted by molar-refractivity contribution is 0.814. The minimum Gasteiger partial charge on any atom is -0.335 e. The number of nitrogens with zero attached hydrogens (tertiary/aromatic N) is 3. The van der Waals surface area contributed by atoms with Gasteiger partial charge in [-0.15, -0.1) is 0 Å². The van der Waals surface area contributed by atoms with Crippen LogP contribution in [0.25, 0.3) is 0 Å². The van der Waals surface area contributed by atoms with Crippen LogP contribution in [0.2, 0.25) is 0 Å². The van der Waals surface area contributed by atoms with E-state index in [4.69, 9.17) is 12.2 Å². The number of azo groups is 1. The maximum atomic E-state index is 5.04. The zero-order chi connectivity index (χ0) is 7.84. The largest absolute Gasteiger partial charge is 0.335 e. The van der Waals surface area contributed by atoms with E-state index in [0.717, 1.165) is 11.4 Å². The first-order valence-electron chi connectivity index (χ1n) is 3.23. The third-order valence-electron chi connectivity index (χ3n) is 1.52. The van der Waals surface area contributed by atoms with E-state index >= 15 is 0 Å². The Balaban J connectivity index is 2.42. The Bertz CT molecular complexity index is 302. The van der Waals surface area contributed by atoms with Gasteiger partial charge >= 0.3 is 0 Å². The van der Waals surface area contributed by atoms with Crippen LogP contribution in [-0.2, 0) is 0 Å². The van der Waals surface area contributed by atoms with Crippen LogP contribution < -0.4 is 5.32 Å². The first-order valence-corrected chi connectivity index (χ1v) is 3.64. The van der Waals surface area contributed by atoms with Gasteiger partial charge in [-0.3, -0.25) is 0 Å². The van der Waals surface area contributed by atoms with Crippen molar-refractivity contribution < 1.29 is 0 Å². The molecule has 0 saturated carbocycles. The minimum atomic E-state index is -0.177. The second kappa shape index (κ2) is 2.20. The molecule has 2 aliphatic rings. The van der Waals surface area contributed by atoms with E-state index in [9.17, 15) is 0 Å². The molecule has 56 valence electrons. The summed E-state index contributed by atoms with van der Waals surface area (Å²) in [5.74, 6) is 0.804. The number of fused-ring (bicyclic) bond motifs is 1. The number of rotatable bonds is 0. The van der Waals surface area contributed by atoms with E-state index < -0.39 is 0 Å². The third-order valence-corrected chi connectivity index (χ3v) is 1.86. The first-order chi connectivity index (χ1) is 5.27. The van der Waals surface area contributed by atoms with Crippen molar-refractivity contribution in [3.63, 3.8) is 0 Å². The summed E-state index contributed by atoms with van der Waals surface area (Å²) in [4.78, 5) is 4.87. The maximum Gasteiger partial charge on any atom is 0.192 e. The molecule has 4 nitrogen and oxygen atoms in total. The van der Waals surface area contributed by atoms with E-state index in [-0.39, 0.29) is 6.17 Å². The molecule has 1 atom stereocenters. The van der Waals surface area contributed by atoms with Crippen molar-refractivity contribution in [3.05, 3.63) is 11.8 Å². The van der Waals surface area contributed by atoms with Gasteiger partial charge in [0.1, 0.15) is 10.8 Å². The normalized spacial score (nSPS) is 27.4. The predicted molar refractivity (Wildman–Crippen MR) is 45.6 cm³/mol. The van der Waals surface area contributed by atoms with Crippen molar-refractivity contribution in [2.45, 2.75) is 13.1 Å². The molecule has 2 rings (SSSR count). The molecule has 11 heavy (non-hydrogen) atoms. The van der Waals surface area contributed by atoms with Gasteiger partial charge < -0.3 is 5.32 Å². The summed E-state index contributed by atoms with van der Waals surface area (Å²) in [6.45, 7) is 1.86. The van der Waals surface area contributed by atoms with Crippen molar-refractivity contribution in [2.75, 3.05) is 0 Å². The van der Waals surface area contributed by atoms with E-state index in [0.29, 0.717) is 4.99 Å². The molecule has 0 saturated heterocycles. The van der Waals surface area contributed by atoms with Crippen molar-refractivity contribution >= 4 is 23.0 Å². The highest BCUT2D eigenvalue weighted by atomic mass is 32.1. The van der Waals surface area contributed by atoms with Crippen LogP contribution in [0.15, 0.2) is 27.0 Å². The summed E-state index contributed by atoms with van der Waals surface area (Å²) in [7, 11) is 0. The lowest BCUT2D eigenvalue weighted by Gasteiger charge is -2.17. The molecule has 0 amide bonds. The molecule has 0 fully saturated rings. The fourth-order valence-corrected chi connectivity index (χ4v) is 1.32. The SMILES string of the molecule is CC1=NC2N=NC=C2C(=S)N1. The van der Waals surface area contributed by atoms with Crippen molar-refractivity contribution in [1.82, 2.24) is 5.32 Å². The van der Waals surface area contributed by atoms with Gasteiger partial charge in [-0.1, -0.05) is 12.2 Å². The van der Waals surface area contributed by atoms with Crippen molar-refractivity contribution in [1.29, 1.82) is 0 Å². The van der Waals surface area contributed by atoms with E-state index in [1.165, 1.54) is 0 Å². The molecule has 0 spiro atoms. The maximum absolute atomic E-state index is 5.04. The molecular formula is C6H6N4S. The second-order valence-corrected chi connectivity index (χ2v) is 2.77. The topological polar surface area (TPSA) is 49.1 Å². The number of nitrogens with one attached hydrogen (secondary N) is 1. The fraction of sp³-hybridized carbons (Fsp3) is 0.333. The van der Waals surface area contributed by atoms with E-state index in [1.807, 2.05) is 6.92 Å². The Morgan fingerprint density at radius 3 is 3.27 bits per heavy atom. The molecule has 5 heteroatoms. The zero-order valence-electron chi connectivity index (χ0n) is 5.90. The van der Waals surface area contributed by atoms with Gasteiger partial charge in [0.2, 0.25) is 0 Å². The average molecular weight is 166 g/mol. The van der Waals surface area contributed by atoms with E-state index in [2.05, 4.69) is 20.5 Å². The molecule has 0 aromatic rings. The lowest BCUT2D eigenvalue weighted by Crippen LogP contribution is -2.36. The van der Waals surface area contributed by atoms with Crippen LogP contribution in [-0.4, -0.2) is 17.0 Å². The van der Waals surface area contributed by atoms with Crippen LogP contribution in [0.5, 0.6) is 0 Å². The summed E-state index contributed by atoms with van der Waals surface area (Å²) >= 11 is 5.04. The lowest BCUT2D eigenvalue weighted by atomic mass is 10.2. The molecule has 1 N–H and O–H groups in total. The summed E-state index contributed by atoms with van der Waals surface area (Å²) in [6.07, 6.45) is 1.47. The van der Waals surface area contributed by atoms with Crippen LogP contribution in [0, 0.1) is 0 Å². The predicted octanol–water partition coefficient (Wildman–Crippen LogP) is 1.01. The molecule has 0 aliphatic carbocycles. The number of thiocarbonyl (C=S) groups is 1. The number of amidine groups is 1. The Morgan fingerprint density at radius 2 is 2.45 bits per heavy atom. The van der Waals surface area contributed by atoms with Gasteiger partial charge in [0.15, 0.2) is 6.17 Å². The third kappa shape index (κ3) is 0.970. The van der Waals surface area contributed by atoms with Gasteiger partial charge in [-0.05, 0) is 6.92 Å².